The summed E-state index contributed by atoms with van der Waals surface area (Å²) < 4.78 is 1.76. The molecular weight excluding hydrogens is 340 g/mol. The molecule has 0 saturated carbocycles. The molecule has 27 heavy (non-hydrogen) atoms. The molecule has 2 unspecified atom stereocenters. The Balaban J connectivity index is 1.42. The number of aryl methyl sites for hydroxylation is 2. The predicted molar refractivity (Wildman–Crippen MR) is 102 cm³/mol. The molecule has 0 aliphatic carbocycles. The van der Waals surface area contributed by atoms with E-state index in [0.717, 1.165) is 24.0 Å². The number of carbonyl (C=O) groups is 2. The van der Waals surface area contributed by atoms with E-state index < -0.39 is 0 Å². The number of nitrogens with zero attached hydrogens (tertiary/aromatic N) is 4. The normalized spacial score (nSPS) is 22.2. The lowest BCUT2D eigenvalue weighted by Gasteiger charge is -2.36. The number of piperidine rings is 1. The number of carbonyl (C=O) groups excluding carboxylic acids is 2. The summed E-state index contributed by atoms with van der Waals surface area (Å²) >= 11 is 0. The maximum atomic E-state index is 12.9. The Bertz CT molecular complexity index is 817. The van der Waals surface area contributed by atoms with Crippen molar-refractivity contribution in [3.05, 3.63) is 53.9 Å². The average molecular weight is 366 g/mol. The second-order valence-corrected chi connectivity index (χ2v) is 7.70. The average Bonchev–Trinajstić information content (AvgIpc) is 2.91. The Hall–Kier alpha value is -2.63. The van der Waals surface area contributed by atoms with E-state index in [0.29, 0.717) is 32.5 Å². The van der Waals surface area contributed by atoms with Gasteiger partial charge in [0.1, 0.15) is 0 Å². The van der Waals surface area contributed by atoms with Gasteiger partial charge in [-0.3, -0.25) is 14.3 Å². The summed E-state index contributed by atoms with van der Waals surface area (Å²) in [5.74, 6) is 0.289. The second kappa shape index (κ2) is 7.55. The molecule has 2 atom stereocenters. The van der Waals surface area contributed by atoms with Crippen LogP contribution in [0, 0.1) is 5.92 Å². The third-order valence-electron chi connectivity index (χ3n) is 5.73. The molecule has 0 radical (unpaired) electrons. The van der Waals surface area contributed by atoms with Gasteiger partial charge in [0, 0.05) is 45.3 Å². The number of hydrogen-bond acceptors (Lipinski definition) is 3. The fourth-order valence-corrected chi connectivity index (χ4v) is 4.24. The Labute approximate surface area is 159 Å². The summed E-state index contributed by atoms with van der Waals surface area (Å²) in [5, 5.41) is 4.16. The molecule has 3 fully saturated rings. The molecule has 3 aliphatic rings. The largest absolute Gasteiger partial charge is 0.340 e. The Morgan fingerprint density at radius 3 is 2.70 bits per heavy atom. The molecule has 3 aliphatic heterocycles. The smallest absolute Gasteiger partial charge is 0.228 e. The SMILES string of the molecule is Cn1cc(CCC(=O)N2CC3CCC(C2)N(Cc2ccccc2)C3=O)cn1. The van der Waals surface area contributed by atoms with E-state index >= 15 is 0 Å². The van der Waals surface area contributed by atoms with E-state index in [1.165, 1.54) is 0 Å². The van der Waals surface area contributed by atoms with Crippen LogP contribution in [-0.4, -0.2) is 50.5 Å². The van der Waals surface area contributed by atoms with Gasteiger partial charge in [-0.2, -0.15) is 5.10 Å². The monoisotopic (exact) mass is 366 g/mol. The highest BCUT2D eigenvalue weighted by Crippen LogP contribution is 2.30. The van der Waals surface area contributed by atoms with Gasteiger partial charge in [-0.05, 0) is 30.4 Å². The number of amides is 2. The summed E-state index contributed by atoms with van der Waals surface area (Å²) in [6.07, 6.45) is 6.80. The number of rotatable bonds is 5. The Morgan fingerprint density at radius 2 is 1.96 bits per heavy atom. The zero-order valence-corrected chi connectivity index (χ0v) is 15.8. The van der Waals surface area contributed by atoms with Crippen molar-refractivity contribution in [3.8, 4) is 0 Å². The van der Waals surface area contributed by atoms with Crippen LogP contribution in [0.2, 0.25) is 0 Å². The van der Waals surface area contributed by atoms with Gasteiger partial charge in [0.25, 0.3) is 0 Å². The third-order valence-corrected chi connectivity index (χ3v) is 5.73. The first kappa shape index (κ1) is 17.8. The minimum Gasteiger partial charge on any atom is -0.340 e. The number of fused-ring (bicyclic) bond motifs is 4. The van der Waals surface area contributed by atoms with Gasteiger partial charge >= 0.3 is 0 Å². The molecule has 3 saturated heterocycles. The predicted octanol–water partition coefficient (Wildman–Crippen LogP) is 2.00. The van der Waals surface area contributed by atoms with Gasteiger partial charge in [-0.1, -0.05) is 30.3 Å². The topological polar surface area (TPSA) is 58.4 Å². The highest BCUT2D eigenvalue weighted by molar-refractivity contribution is 5.83. The van der Waals surface area contributed by atoms with E-state index in [1.54, 1.807) is 4.68 Å². The molecule has 1 aromatic carbocycles. The van der Waals surface area contributed by atoms with Crippen LogP contribution in [0.25, 0.3) is 0 Å². The Morgan fingerprint density at radius 1 is 1.15 bits per heavy atom. The molecule has 2 aromatic rings. The molecule has 0 spiro atoms. The van der Waals surface area contributed by atoms with Crippen LogP contribution in [0.3, 0.4) is 0 Å². The molecule has 2 amide bonds. The van der Waals surface area contributed by atoms with E-state index in [1.807, 2.05) is 47.4 Å². The van der Waals surface area contributed by atoms with Crippen molar-refractivity contribution in [1.29, 1.82) is 0 Å². The first-order valence-corrected chi connectivity index (χ1v) is 9.70. The van der Waals surface area contributed by atoms with Crippen LogP contribution in [0.15, 0.2) is 42.7 Å². The van der Waals surface area contributed by atoms with Crippen molar-refractivity contribution in [1.82, 2.24) is 19.6 Å². The van der Waals surface area contributed by atoms with E-state index in [-0.39, 0.29) is 23.8 Å². The zero-order chi connectivity index (χ0) is 18.8. The number of benzene rings is 1. The molecule has 4 heterocycles. The Kier molecular flexibility index (Phi) is 4.97. The van der Waals surface area contributed by atoms with Crippen molar-refractivity contribution < 1.29 is 9.59 Å². The van der Waals surface area contributed by atoms with Crippen molar-refractivity contribution in [2.75, 3.05) is 13.1 Å². The number of hydrogen-bond donors (Lipinski definition) is 0. The first-order valence-electron chi connectivity index (χ1n) is 9.70. The van der Waals surface area contributed by atoms with Crippen LogP contribution in [0.5, 0.6) is 0 Å². The summed E-state index contributed by atoms with van der Waals surface area (Å²) in [6, 6.07) is 10.2. The number of aromatic nitrogens is 2. The van der Waals surface area contributed by atoms with Gasteiger partial charge < -0.3 is 9.80 Å². The highest BCUT2D eigenvalue weighted by Gasteiger charge is 2.41. The van der Waals surface area contributed by atoms with Crippen molar-refractivity contribution >= 4 is 11.8 Å². The molecule has 142 valence electrons. The van der Waals surface area contributed by atoms with Gasteiger partial charge in [0.15, 0.2) is 0 Å². The summed E-state index contributed by atoms with van der Waals surface area (Å²) in [4.78, 5) is 29.6. The molecule has 6 nitrogen and oxygen atoms in total. The summed E-state index contributed by atoms with van der Waals surface area (Å²) in [7, 11) is 1.88. The second-order valence-electron chi connectivity index (χ2n) is 7.70. The molecule has 2 bridgehead atoms. The van der Waals surface area contributed by atoms with Crippen molar-refractivity contribution in [3.63, 3.8) is 0 Å². The quantitative estimate of drug-likeness (QED) is 0.813. The maximum Gasteiger partial charge on any atom is 0.228 e. The molecule has 0 N–H and O–H groups in total. The lowest BCUT2D eigenvalue weighted by molar-refractivity contribution is -0.140. The van der Waals surface area contributed by atoms with Gasteiger partial charge in [-0.25, -0.2) is 0 Å². The van der Waals surface area contributed by atoms with Gasteiger partial charge in [-0.15, -0.1) is 0 Å². The van der Waals surface area contributed by atoms with Crippen molar-refractivity contribution in [2.24, 2.45) is 13.0 Å². The highest BCUT2D eigenvalue weighted by atomic mass is 16.2. The van der Waals surface area contributed by atoms with Crippen LogP contribution < -0.4 is 0 Å². The minimum atomic E-state index is -0.0604. The van der Waals surface area contributed by atoms with E-state index in [2.05, 4.69) is 17.2 Å². The van der Waals surface area contributed by atoms with Crippen LogP contribution >= 0.6 is 0 Å². The summed E-state index contributed by atoms with van der Waals surface area (Å²) in [6.45, 7) is 1.85. The molecule has 6 heteroatoms. The minimum absolute atomic E-state index is 0.0604. The fraction of sp³-hybridized carbons (Fsp3) is 0.476. The maximum absolute atomic E-state index is 12.9. The lowest BCUT2D eigenvalue weighted by Crippen LogP contribution is -2.47. The van der Waals surface area contributed by atoms with Gasteiger partial charge in [0.2, 0.25) is 11.8 Å². The third kappa shape index (κ3) is 3.89. The van der Waals surface area contributed by atoms with Gasteiger partial charge in [0.05, 0.1) is 12.1 Å². The van der Waals surface area contributed by atoms with Crippen LogP contribution in [-0.2, 0) is 29.6 Å². The van der Waals surface area contributed by atoms with E-state index in [9.17, 15) is 9.59 Å². The van der Waals surface area contributed by atoms with Crippen molar-refractivity contribution in [2.45, 2.75) is 38.3 Å². The molecular formula is C21H26N4O2. The zero-order valence-electron chi connectivity index (χ0n) is 15.8. The molecule has 5 rings (SSSR count). The lowest BCUT2D eigenvalue weighted by atomic mass is 9.93. The summed E-state index contributed by atoms with van der Waals surface area (Å²) in [5.41, 5.74) is 2.22. The van der Waals surface area contributed by atoms with Crippen LogP contribution in [0.1, 0.15) is 30.4 Å². The van der Waals surface area contributed by atoms with E-state index in [4.69, 9.17) is 0 Å². The molecule has 1 aromatic heterocycles. The van der Waals surface area contributed by atoms with Crippen LogP contribution in [0.4, 0.5) is 0 Å². The fourth-order valence-electron chi connectivity index (χ4n) is 4.24. The standard InChI is InChI=1S/C21H26N4O2/c1-23-12-17(11-22-23)7-10-20(26)24-14-18-8-9-19(15-24)25(21(18)27)13-16-5-3-2-4-6-16/h2-6,11-12,18-19H,7-10,13-15H2,1H3. The first-order chi connectivity index (χ1) is 13.1.